The van der Waals surface area contributed by atoms with E-state index in [1.54, 1.807) is 4.90 Å². The van der Waals surface area contributed by atoms with Crippen molar-refractivity contribution in [3.05, 3.63) is 35.9 Å². The number of rotatable bonds is 5. The minimum absolute atomic E-state index is 0.0494. The number of hydrogen-bond donors (Lipinski definition) is 1. The molecule has 0 radical (unpaired) electrons. The highest BCUT2D eigenvalue weighted by atomic mass is 16.4. The largest absolute Gasteiger partial charge is 0.480 e. The van der Waals surface area contributed by atoms with Gasteiger partial charge in [0.25, 0.3) is 0 Å². The number of carbonyl (C=O) groups excluding carboxylic acids is 1. The number of carbonyl (C=O) groups is 2. The Kier molecular flexibility index (Phi) is 5.48. The standard InChI is InChI=1S/C22H30N2O3/c25-21(26)15-23-11-5-4-8-20(22(23)27)24-18-9-10-19(24)14-17(13-18)12-16-6-2-1-3-7-16/h1-3,6-7,17-20H,4-5,8-15H2,(H,25,26). The Bertz CT molecular complexity index is 663. The maximum Gasteiger partial charge on any atom is 0.323 e. The summed E-state index contributed by atoms with van der Waals surface area (Å²) in [5.41, 5.74) is 1.41. The molecule has 146 valence electrons. The molecule has 5 nitrogen and oxygen atoms in total. The van der Waals surface area contributed by atoms with E-state index < -0.39 is 5.97 Å². The SMILES string of the molecule is O=C(O)CN1CCCCC(N2C3CCC2CC(Cc2ccccc2)C3)C1=O. The first-order valence-electron chi connectivity index (χ1n) is 10.4. The Morgan fingerprint density at radius 3 is 2.41 bits per heavy atom. The van der Waals surface area contributed by atoms with Crippen LogP contribution < -0.4 is 0 Å². The molecule has 1 amide bonds. The van der Waals surface area contributed by atoms with Crippen molar-refractivity contribution in [1.82, 2.24) is 9.80 Å². The molecule has 3 atom stereocenters. The number of aliphatic carboxylic acids is 1. The Morgan fingerprint density at radius 1 is 1.04 bits per heavy atom. The van der Waals surface area contributed by atoms with Crippen molar-refractivity contribution < 1.29 is 14.7 Å². The zero-order valence-electron chi connectivity index (χ0n) is 15.9. The summed E-state index contributed by atoms with van der Waals surface area (Å²) in [6, 6.07) is 11.6. The van der Waals surface area contributed by atoms with Crippen molar-refractivity contribution in [1.29, 1.82) is 0 Å². The van der Waals surface area contributed by atoms with Crippen LogP contribution in [0.25, 0.3) is 0 Å². The van der Waals surface area contributed by atoms with E-state index in [4.69, 9.17) is 5.11 Å². The molecule has 1 aromatic rings. The molecule has 4 rings (SSSR count). The van der Waals surface area contributed by atoms with E-state index in [0.29, 0.717) is 24.5 Å². The average molecular weight is 370 g/mol. The van der Waals surface area contributed by atoms with Crippen LogP contribution in [0.5, 0.6) is 0 Å². The fraction of sp³-hybridized carbons (Fsp3) is 0.636. The number of amides is 1. The number of carboxylic acids is 1. The van der Waals surface area contributed by atoms with Gasteiger partial charge in [-0.05, 0) is 62.8 Å². The molecule has 0 aromatic heterocycles. The van der Waals surface area contributed by atoms with Crippen LogP contribution in [0.1, 0.15) is 50.5 Å². The number of carboxylic acid groups (broad SMARTS) is 1. The quantitative estimate of drug-likeness (QED) is 0.866. The number of likely N-dealkylation sites (tertiary alicyclic amines) is 1. The first-order valence-corrected chi connectivity index (χ1v) is 10.4. The second kappa shape index (κ2) is 8.01. The van der Waals surface area contributed by atoms with Crippen LogP contribution in [0.4, 0.5) is 0 Å². The number of benzene rings is 1. The maximum absolute atomic E-state index is 13.1. The summed E-state index contributed by atoms with van der Waals surface area (Å²) < 4.78 is 0. The highest BCUT2D eigenvalue weighted by Gasteiger charge is 2.46. The Hall–Kier alpha value is -1.88. The van der Waals surface area contributed by atoms with Gasteiger partial charge in [0, 0.05) is 18.6 Å². The van der Waals surface area contributed by atoms with Gasteiger partial charge in [0.15, 0.2) is 0 Å². The lowest BCUT2D eigenvalue weighted by Crippen LogP contribution is -2.55. The topological polar surface area (TPSA) is 60.9 Å². The van der Waals surface area contributed by atoms with Gasteiger partial charge in [-0.1, -0.05) is 30.3 Å². The molecule has 5 heteroatoms. The molecule has 1 aromatic carbocycles. The van der Waals surface area contributed by atoms with E-state index >= 15 is 0 Å². The van der Waals surface area contributed by atoms with Crippen molar-refractivity contribution >= 4 is 11.9 Å². The number of nitrogens with zero attached hydrogens (tertiary/aromatic N) is 2. The van der Waals surface area contributed by atoms with Gasteiger partial charge in [-0.2, -0.15) is 0 Å². The molecule has 3 unspecified atom stereocenters. The van der Waals surface area contributed by atoms with Crippen molar-refractivity contribution in [3.63, 3.8) is 0 Å². The summed E-state index contributed by atoms with van der Waals surface area (Å²) in [5, 5.41) is 9.16. The predicted octanol–water partition coefficient (Wildman–Crippen LogP) is 2.94. The van der Waals surface area contributed by atoms with E-state index in [1.807, 2.05) is 0 Å². The van der Waals surface area contributed by atoms with E-state index in [1.165, 1.54) is 18.4 Å². The van der Waals surface area contributed by atoms with Gasteiger partial charge in [-0.25, -0.2) is 0 Å². The summed E-state index contributed by atoms with van der Waals surface area (Å²) in [6.45, 7) is 0.427. The lowest BCUT2D eigenvalue weighted by atomic mass is 9.84. The third-order valence-electron chi connectivity index (χ3n) is 6.69. The van der Waals surface area contributed by atoms with Crippen LogP contribution in [0.2, 0.25) is 0 Å². The van der Waals surface area contributed by atoms with Crippen molar-refractivity contribution in [2.45, 2.75) is 69.5 Å². The van der Waals surface area contributed by atoms with Crippen LogP contribution in [0.15, 0.2) is 30.3 Å². The van der Waals surface area contributed by atoms with Crippen LogP contribution in [0, 0.1) is 5.92 Å². The molecule has 3 saturated heterocycles. The van der Waals surface area contributed by atoms with Crippen LogP contribution in [-0.2, 0) is 16.0 Å². The fourth-order valence-corrected chi connectivity index (χ4v) is 5.63. The van der Waals surface area contributed by atoms with Gasteiger partial charge in [0.2, 0.25) is 5.91 Å². The van der Waals surface area contributed by atoms with Gasteiger partial charge in [0.1, 0.15) is 6.54 Å². The highest BCUT2D eigenvalue weighted by Crippen LogP contribution is 2.42. The summed E-state index contributed by atoms with van der Waals surface area (Å²) in [4.78, 5) is 28.3. The van der Waals surface area contributed by atoms with Gasteiger partial charge >= 0.3 is 5.97 Å². The van der Waals surface area contributed by atoms with Crippen LogP contribution >= 0.6 is 0 Å². The smallest absolute Gasteiger partial charge is 0.323 e. The zero-order valence-corrected chi connectivity index (χ0v) is 15.9. The third-order valence-corrected chi connectivity index (χ3v) is 6.69. The molecule has 27 heavy (non-hydrogen) atoms. The number of piperidine rings is 1. The molecule has 0 aliphatic carbocycles. The lowest BCUT2D eigenvalue weighted by Gasteiger charge is -2.43. The second-order valence-corrected chi connectivity index (χ2v) is 8.52. The third kappa shape index (κ3) is 4.03. The first-order chi connectivity index (χ1) is 13.1. The zero-order chi connectivity index (χ0) is 18.8. The molecule has 3 heterocycles. The summed E-state index contributed by atoms with van der Waals surface area (Å²) in [7, 11) is 0. The molecule has 3 aliphatic heterocycles. The first kappa shape index (κ1) is 18.5. The van der Waals surface area contributed by atoms with Crippen LogP contribution in [-0.4, -0.2) is 58.0 Å². The minimum atomic E-state index is -0.909. The van der Waals surface area contributed by atoms with Crippen LogP contribution in [0.3, 0.4) is 0 Å². The average Bonchev–Trinajstić information content (AvgIpc) is 2.80. The Balaban J connectivity index is 1.45. The molecular weight excluding hydrogens is 340 g/mol. The molecule has 1 N–H and O–H groups in total. The minimum Gasteiger partial charge on any atom is -0.480 e. The lowest BCUT2D eigenvalue weighted by molar-refractivity contribution is -0.147. The maximum atomic E-state index is 13.1. The van der Waals surface area contributed by atoms with Crippen molar-refractivity contribution in [2.75, 3.05) is 13.1 Å². The van der Waals surface area contributed by atoms with Gasteiger partial charge in [0.05, 0.1) is 6.04 Å². The van der Waals surface area contributed by atoms with E-state index in [9.17, 15) is 9.59 Å². The summed E-state index contributed by atoms with van der Waals surface area (Å²) >= 11 is 0. The fourth-order valence-electron chi connectivity index (χ4n) is 5.63. The molecule has 0 spiro atoms. The van der Waals surface area contributed by atoms with E-state index in [0.717, 1.165) is 38.5 Å². The Morgan fingerprint density at radius 2 is 1.74 bits per heavy atom. The van der Waals surface area contributed by atoms with Gasteiger partial charge in [-0.3, -0.25) is 14.5 Å². The Labute approximate surface area is 161 Å². The monoisotopic (exact) mass is 370 g/mol. The van der Waals surface area contributed by atoms with Gasteiger partial charge < -0.3 is 10.0 Å². The molecule has 0 saturated carbocycles. The van der Waals surface area contributed by atoms with E-state index in [-0.39, 0.29) is 18.5 Å². The summed E-state index contributed by atoms with van der Waals surface area (Å²) in [5.74, 6) is -0.168. The molecule has 2 bridgehead atoms. The molecular formula is C22H30N2O3. The second-order valence-electron chi connectivity index (χ2n) is 8.52. The van der Waals surface area contributed by atoms with E-state index in [2.05, 4.69) is 35.2 Å². The molecule has 3 aliphatic rings. The summed E-state index contributed by atoms with van der Waals surface area (Å²) in [6.07, 6.45) is 8.61. The molecule has 3 fully saturated rings. The normalized spacial score (nSPS) is 31.7. The van der Waals surface area contributed by atoms with Crippen molar-refractivity contribution in [2.24, 2.45) is 5.92 Å². The predicted molar refractivity (Wildman–Crippen MR) is 103 cm³/mol. The highest BCUT2D eigenvalue weighted by molar-refractivity contribution is 5.85. The number of fused-ring (bicyclic) bond motifs is 2. The number of hydrogen-bond acceptors (Lipinski definition) is 3. The van der Waals surface area contributed by atoms with Crippen molar-refractivity contribution in [3.8, 4) is 0 Å². The van der Waals surface area contributed by atoms with Gasteiger partial charge in [-0.15, -0.1) is 0 Å².